The molecule has 82 valence electrons. The molecule has 4 nitrogen and oxygen atoms in total. The Bertz CT molecular complexity index is 370. The molecule has 0 aromatic heterocycles. The number of aliphatic hydroxyl groups excluding tert-OH is 1. The fraction of sp³-hybridized carbons (Fsp3) is 0.400. The van der Waals surface area contributed by atoms with Gasteiger partial charge in [-0.3, -0.25) is 0 Å². The first kappa shape index (κ1) is 10.2. The third-order valence-electron chi connectivity index (χ3n) is 2.26. The Labute approximate surface area is 86.4 Å². The molecular weight excluding hydrogens is 201 g/mol. The van der Waals surface area contributed by atoms with Crippen LogP contribution in [0.1, 0.15) is 11.6 Å². The molecule has 0 bridgehead atoms. The Morgan fingerprint density at radius 3 is 2.53 bits per heavy atom. The summed E-state index contributed by atoms with van der Waals surface area (Å²) in [4.78, 5) is 0. The van der Waals surface area contributed by atoms with E-state index in [1.165, 1.54) is 12.1 Å². The molecule has 1 aliphatic heterocycles. The lowest BCUT2D eigenvalue weighted by atomic mass is 10.1. The highest BCUT2D eigenvalue weighted by atomic mass is 19.1. The van der Waals surface area contributed by atoms with Crippen molar-refractivity contribution in [1.29, 1.82) is 0 Å². The van der Waals surface area contributed by atoms with Crippen molar-refractivity contribution in [3.05, 3.63) is 23.5 Å². The molecule has 0 fully saturated rings. The summed E-state index contributed by atoms with van der Waals surface area (Å²) < 4.78 is 24.0. The molecule has 0 saturated carbocycles. The van der Waals surface area contributed by atoms with E-state index in [2.05, 4.69) is 0 Å². The van der Waals surface area contributed by atoms with E-state index >= 15 is 0 Å². The van der Waals surface area contributed by atoms with E-state index in [9.17, 15) is 4.39 Å². The fourth-order valence-electron chi connectivity index (χ4n) is 1.46. The standard InChI is InChI=1S/C10H12FNO3/c11-7-4-10-9(14-1-2-15-10)3-6(7)8(12)5-13/h3-4,8,13H,1-2,5,12H2. The average molecular weight is 213 g/mol. The third kappa shape index (κ3) is 1.88. The van der Waals surface area contributed by atoms with Gasteiger partial charge in [0.05, 0.1) is 12.6 Å². The molecule has 3 N–H and O–H groups in total. The summed E-state index contributed by atoms with van der Waals surface area (Å²) in [5.41, 5.74) is 5.78. The van der Waals surface area contributed by atoms with Gasteiger partial charge in [0.2, 0.25) is 0 Å². The maximum absolute atomic E-state index is 13.5. The van der Waals surface area contributed by atoms with Crippen LogP contribution in [0.4, 0.5) is 4.39 Å². The monoisotopic (exact) mass is 213 g/mol. The summed E-state index contributed by atoms with van der Waals surface area (Å²) in [7, 11) is 0. The van der Waals surface area contributed by atoms with Crippen molar-refractivity contribution in [3.63, 3.8) is 0 Å². The van der Waals surface area contributed by atoms with Gasteiger partial charge in [0.15, 0.2) is 11.5 Å². The predicted octanol–water partition coefficient (Wildman–Crippen LogP) is 0.589. The normalized spacial score (nSPS) is 16.2. The van der Waals surface area contributed by atoms with Crippen molar-refractivity contribution in [1.82, 2.24) is 0 Å². The number of benzene rings is 1. The van der Waals surface area contributed by atoms with E-state index < -0.39 is 11.9 Å². The number of fused-ring (bicyclic) bond motifs is 1. The largest absolute Gasteiger partial charge is 0.486 e. The molecule has 15 heavy (non-hydrogen) atoms. The number of ether oxygens (including phenoxy) is 2. The quantitative estimate of drug-likeness (QED) is 0.754. The first-order valence-corrected chi connectivity index (χ1v) is 4.68. The smallest absolute Gasteiger partial charge is 0.164 e. The lowest BCUT2D eigenvalue weighted by molar-refractivity contribution is 0.170. The number of hydrogen-bond donors (Lipinski definition) is 2. The Morgan fingerprint density at radius 1 is 1.33 bits per heavy atom. The lowest BCUT2D eigenvalue weighted by Crippen LogP contribution is -2.19. The molecule has 1 aromatic carbocycles. The van der Waals surface area contributed by atoms with E-state index in [1.54, 1.807) is 0 Å². The molecule has 2 rings (SSSR count). The van der Waals surface area contributed by atoms with Gasteiger partial charge in [-0.1, -0.05) is 0 Å². The van der Waals surface area contributed by atoms with Gasteiger partial charge in [0.25, 0.3) is 0 Å². The maximum Gasteiger partial charge on any atom is 0.164 e. The van der Waals surface area contributed by atoms with E-state index in [4.69, 9.17) is 20.3 Å². The SMILES string of the molecule is NC(CO)c1cc2c(cc1F)OCCO2. The van der Waals surface area contributed by atoms with Crippen LogP contribution in [-0.4, -0.2) is 24.9 Å². The van der Waals surface area contributed by atoms with E-state index in [1.807, 2.05) is 0 Å². The summed E-state index contributed by atoms with van der Waals surface area (Å²) in [6.45, 7) is 0.542. The maximum atomic E-state index is 13.5. The molecule has 0 spiro atoms. The second-order valence-electron chi connectivity index (χ2n) is 3.31. The van der Waals surface area contributed by atoms with Crippen LogP contribution in [0.5, 0.6) is 11.5 Å². The number of aliphatic hydroxyl groups is 1. The zero-order valence-electron chi connectivity index (χ0n) is 8.07. The zero-order chi connectivity index (χ0) is 10.8. The van der Waals surface area contributed by atoms with E-state index in [-0.39, 0.29) is 12.2 Å². The second-order valence-corrected chi connectivity index (χ2v) is 3.31. The molecule has 0 amide bonds. The van der Waals surface area contributed by atoms with Gasteiger partial charge >= 0.3 is 0 Å². The van der Waals surface area contributed by atoms with Gasteiger partial charge < -0.3 is 20.3 Å². The minimum Gasteiger partial charge on any atom is -0.486 e. The summed E-state index contributed by atoms with van der Waals surface area (Å²) in [5, 5.41) is 8.85. The van der Waals surface area contributed by atoms with Gasteiger partial charge in [-0.25, -0.2) is 4.39 Å². The number of rotatable bonds is 2. The first-order valence-electron chi connectivity index (χ1n) is 4.68. The van der Waals surface area contributed by atoms with E-state index in [0.29, 0.717) is 24.7 Å². The van der Waals surface area contributed by atoms with Crippen molar-refractivity contribution in [2.24, 2.45) is 5.73 Å². The highest BCUT2D eigenvalue weighted by Crippen LogP contribution is 2.34. The first-order chi connectivity index (χ1) is 7.22. The molecule has 0 radical (unpaired) electrons. The van der Waals surface area contributed by atoms with Crippen molar-refractivity contribution < 1.29 is 19.0 Å². The van der Waals surface area contributed by atoms with Crippen molar-refractivity contribution in [2.45, 2.75) is 6.04 Å². The van der Waals surface area contributed by atoms with Crippen LogP contribution in [0.25, 0.3) is 0 Å². The fourth-order valence-corrected chi connectivity index (χ4v) is 1.46. The van der Waals surface area contributed by atoms with Gasteiger partial charge in [-0.2, -0.15) is 0 Å². The Kier molecular flexibility index (Phi) is 2.75. The topological polar surface area (TPSA) is 64.7 Å². The van der Waals surface area contributed by atoms with E-state index in [0.717, 1.165) is 0 Å². The summed E-state index contributed by atoms with van der Waals surface area (Å²) in [5.74, 6) is 0.370. The Morgan fingerprint density at radius 2 is 1.93 bits per heavy atom. The summed E-state index contributed by atoms with van der Waals surface area (Å²) in [6.07, 6.45) is 0. The van der Waals surface area contributed by atoms with Crippen LogP contribution in [0, 0.1) is 5.82 Å². The number of nitrogens with two attached hydrogens (primary N) is 1. The Balaban J connectivity index is 2.40. The second kappa shape index (κ2) is 4.04. The van der Waals surface area contributed by atoms with Crippen LogP contribution in [-0.2, 0) is 0 Å². The van der Waals surface area contributed by atoms with Gasteiger partial charge in [-0.05, 0) is 6.07 Å². The molecule has 1 aliphatic rings. The molecule has 1 heterocycles. The van der Waals surface area contributed by atoms with Crippen molar-refractivity contribution in [2.75, 3.05) is 19.8 Å². The van der Waals surface area contributed by atoms with Crippen molar-refractivity contribution in [3.8, 4) is 11.5 Å². The van der Waals surface area contributed by atoms with Gasteiger partial charge in [0.1, 0.15) is 19.0 Å². The predicted molar refractivity (Wildman–Crippen MR) is 51.4 cm³/mol. The molecule has 5 heteroatoms. The van der Waals surface area contributed by atoms with Crippen LogP contribution >= 0.6 is 0 Å². The summed E-state index contributed by atoms with van der Waals surface area (Å²) in [6, 6.07) is 1.98. The highest BCUT2D eigenvalue weighted by molar-refractivity contribution is 5.45. The van der Waals surface area contributed by atoms with Crippen LogP contribution < -0.4 is 15.2 Å². The third-order valence-corrected chi connectivity index (χ3v) is 2.26. The molecule has 1 aromatic rings. The minimum absolute atomic E-state index is 0.238. The van der Waals surface area contributed by atoms with Crippen molar-refractivity contribution >= 4 is 0 Å². The van der Waals surface area contributed by atoms with Crippen LogP contribution in [0.15, 0.2) is 12.1 Å². The van der Waals surface area contributed by atoms with Crippen LogP contribution in [0.2, 0.25) is 0 Å². The minimum atomic E-state index is -0.735. The Hall–Kier alpha value is -1.33. The average Bonchev–Trinajstić information content (AvgIpc) is 2.27. The lowest BCUT2D eigenvalue weighted by Gasteiger charge is -2.20. The van der Waals surface area contributed by atoms with Gasteiger partial charge in [-0.15, -0.1) is 0 Å². The molecule has 1 atom stereocenters. The van der Waals surface area contributed by atoms with Crippen LogP contribution in [0.3, 0.4) is 0 Å². The molecule has 0 aliphatic carbocycles. The molecule has 1 unspecified atom stereocenters. The highest BCUT2D eigenvalue weighted by Gasteiger charge is 2.18. The van der Waals surface area contributed by atoms with Gasteiger partial charge in [0, 0.05) is 11.6 Å². The molecular formula is C10H12FNO3. The summed E-state index contributed by atoms with van der Waals surface area (Å²) >= 11 is 0. The number of hydrogen-bond acceptors (Lipinski definition) is 4. The number of halogens is 1. The zero-order valence-corrected chi connectivity index (χ0v) is 8.07. The molecule has 0 saturated heterocycles.